The number of nitrogens with zero attached hydrogens (tertiary/aromatic N) is 1. The number of hydrogen-bond acceptors (Lipinski definition) is 3. The highest BCUT2D eigenvalue weighted by atomic mass is 16.3. The van der Waals surface area contributed by atoms with Gasteiger partial charge in [0, 0.05) is 45.1 Å². The van der Waals surface area contributed by atoms with E-state index < -0.39 is 0 Å². The van der Waals surface area contributed by atoms with Gasteiger partial charge in [-0.15, -0.1) is 0 Å². The minimum absolute atomic E-state index is 0.453. The first-order valence-electron chi connectivity index (χ1n) is 19.4. The number of furan rings is 2. The summed E-state index contributed by atoms with van der Waals surface area (Å²) in [4.78, 5) is 2.34. The number of rotatable bonds is 6. The highest BCUT2D eigenvalue weighted by Gasteiger charge is 2.24. The van der Waals surface area contributed by atoms with Gasteiger partial charge in [0.05, 0.1) is 5.69 Å². The van der Waals surface area contributed by atoms with Crippen molar-refractivity contribution in [2.24, 2.45) is 5.92 Å². The Morgan fingerprint density at radius 1 is 0.482 bits per heavy atom. The van der Waals surface area contributed by atoms with Gasteiger partial charge in [0.25, 0.3) is 0 Å². The fraction of sp³-hybridized carbons (Fsp3) is 0.0566. The van der Waals surface area contributed by atoms with Crippen LogP contribution in [0.3, 0.4) is 0 Å². The van der Waals surface area contributed by atoms with Gasteiger partial charge in [-0.25, -0.2) is 0 Å². The molecule has 3 heteroatoms. The lowest BCUT2D eigenvalue weighted by Gasteiger charge is -2.27. The molecule has 10 aromatic rings. The lowest BCUT2D eigenvalue weighted by molar-refractivity contribution is 0.514. The number of allylic oxidation sites excluding steroid dienone is 1. The first-order valence-corrected chi connectivity index (χ1v) is 19.4. The number of hydrogen-bond donors (Lipinski definition) is 0. The topological polar surface area (TPSA) is 29.5 Å². The molecule has 56 heavy (non-hydrogen) atoms. The van der Waals surface area contributed by atoms with Crippen molar-refractivity contribution in [2.75, 3.05) is 4.90 Å². The molecule has 2 aromatic heterocycles. The first kappa shape index (κ1) is 32.3. The van der Waals surface area contributed by atoms with Crippen LogP contribution in [0, 0.1) is 5.92 Å². The Morgan fingerprint density at radius 2 is 1.21 bits per heavy atom. The van der Waals surface area contributed by atoms with E-state index in [1.165, 1.54) is 27.5 Å². The average molecular weight is 720 g/mol. The summed E-state index contributed by atoms with van der Waals surface area (Å²) < 4.78 is 13.4. The van der Waals surface area contributed by atoms with Crippen LogP contribution in [0.2, 0.25) is 0 Å². The monoisotopic (exact) mass is 719 g/mol. The molecule has 11 rings (SSSR count). The molecule has 0 radical (unpaired) electrons. The van der Waals surface area contributed by atoms with E-state index in [1.54, 1.807) is 0 Å². The van der Waals surface area contributed by atoms with E-state index in [0.717, 1.165) is 84.4 Å². The lowest BCUT2D eigenvalue weighted by Crippen LogP contribution is -2.10. The third-order valence-electron chi connectivity index (χ3n) is 11.4. The summed E-state index contributed by atoms with van der Waals surface area (Å²) >= 11 is 0. The zero-order valence-electron chi connectivity index (χ0n) is 30.9. The summed E-state index contributed by atoms with van der Waals surface area (Å²) in [7, 11) is 0. The molecular formula is C53H37NO2. The van der Waals surface area contributed by atoms with Crippen molar-refractivity contribution in [3.63, 3.8) is 0 Å². The fourth-order valence-electron chi connectivity index (χ4n) is 8.63. The zero-order valence-corrected chi connectivity index (χ0v) is 30.9. The highest BCUT2D eigenvalue weighted by Crippen LogP contribution is 2.46. The second-order valence-electron chi connectivity index (χ2n) is 15.0. The Bertz CT molecular complexity index is 3130. The van der Waals surface area contributed by atoms with Crippen molar-refractivity contribution in [3.05, 3.63) is 193 Å². The molecule has 8 aromatic carbocycles. The SMILES string of the molecule is CC1C=Cc2c(oc3c(-c4ccc(N(c5ccc(-c6ccc7ccccc7c6)cc5)c5cccc6c5oc5ccccc56)cc4-c4ccccc4)cccc23)C1. The Labute approximate surface area is 325 Å². The molecule has 1 unspecified atom stereocenters. The molecule has 1 aliphatic carbocycles. The van der Waals surface area contributed by atoms with Gasteiger partial charge in [-0.1, -0.05) is 153 Å². The number of benzene rings is 8. The molecule has 0 amide bonds. The van der Waals surface area contributed by atoms with Crippen LogP contribution in [0.5, 0.6) is 0 Å². The predicted molar refractivity (Wildman–Crippen MR) is 234 cm³/mol. The molecule has 0 spiro atoms. The second-order valence-corrected chi connectivity index (χ2v) is 15.0. The van der Waals surface area contributed by atoms with E-state index in [1.807, 2.05) is 12.1 Å². The van der Waals surface area contributed by atoms with Crippen molar-refractivity contribution < 1.29 is 8.83 Å². The highest BCUT2D eigenvalue weighted by molar-refractivity contribution is 6.10. The zero-order chi connectivity index (χ0) is 37.2. The van der Waals surface area contributed by atoms with Crippen molar-refractivity contribution in [1.29, 1.82) is 0 Å². The van der Waals surface area contributed by atoms with Gasteiger partial charge in [0.1, 0.15) is 16.9 Å². The van der Waals surface area contributed by atoms with E-state index >= 15 is 0 Å². The summed E-state index contributed by atoms with van der Waals surface area (Å²) in [5.41, 5.74) is 13.8. The number of anilines is 3. The molecule has 0 saturated carbocycles. The van der Waals surface area contributed by atoms with Crippen LogP contribution in [0.25, 0.3) is 83.1 Å². The van der Waals surface area contributed by atoms with E-state index in [-0.39, 0.29) is 0 Å². The fourth-order valence-corrected chi connectivity index (χ4v) is 8.63. The van der Waals surface area contributed by atoms with Crippen LogP contribution in [0.15, 0.2) is 191 Å². The van der Waals surface area contributed by atoms with Gasteiger partial charge in [0.15, 0.2) is 5.58 Å². The van der Waals surface area contributed by atoms with Crippen LogP contribution >= 0.6 is 0 Å². The Morgan fingerprint density at radius 3 is 2.11 bits per heavy atom. The molecule has 0 aliphatic heterocycles. The van der Waals surface area contributed by atoms with Crippen LogP contribution in [-0.4, -0.2) is 0 Å². The van der Waals surface area contributed by atoms with Crippen molar-refractivity contribution in [3.8, 4) is 33.4 Å². The normalized spacial score (nSPS) is 13.8. The molecule has 0 N–H and O–H groups in total. The van der Waals surface area contributed by atoms with E-state index in [9.17, 15) is 0 Å². The van der Waals surface area contributed by atoms with Gasteiger partial charge in [-0.05, 0) is 87.0 Å². The van der Waals surface area contributed by atoms with E-state index in [0.29, 0.717) is 5.92 Å². The van der Waals surface area contributed by atoms with Gasteiger partial charge < -0.3 is 13.7 Å². The first-order chi connectivity index (χ1) is 27.7. The Hall–Kier alpha value is -7.10. The van der Waals surface area contributed by atoms with Gasteiger partial charge in [-0.2, -0.15) is 0 Å². The Kier molecular flexibility index (Phi) is 7.53. The number of para-hydroxylation sites is 3. The summed E-state index contributed by atoms with van der Waals surface area (Å²) in [5.74, 6) is 1.52. The van der Waals surface area contributed by atoms with E-state index in [2.05, 4.69) is 188 Å². The summed E-state index contributed by atoms with van der Waals surface area (Å²) in [5, 5.41) is 5.83. The second kappa shape index (κ2) is 13.0. The summed E-state index contributed by atoms with van der Waals surface area (Å²) in [6.45, 7) is 2.24. The summed E-state index contributed by atoms with van der Waals surface area (Å²) in [6, 6.07) is 63.0. The third kappa shape index (κ3) is 5.35. The standard InChI is InChI=1S/C53H37NO2/c1-34-21-29-44-46-17-9-16-45(52(46)56-51(44)31-34)42-30-28-41(33-48(42)37-12-3-2-4-13-37)54(49-19-10-18-47-43-15-7-8-20-50(43)55-53(47)49)40-26-24-36(25-27-40)39-23-22-35-11-5-6-14-38(35)32-39/h2-30,32-34H,31H2,1H3. The van der Waals surface area contributed by atoms with Gasteiger partial charge in [-0.3, -0.25) is 0 Å². The minimum Gasteiger partial charge on any atom is -0.460 e. The molecule has 266 valence electrons. The number of fused-ring (bicyclic) bond motifs is 7. The molecule has 0 saturated heterocycles. The average Bonchev–Trinajstić information content (AvgIpc) is 3.83. The quantitative estimate of drug-likeness (QED) is 0.171. The lowest BCUT2D eigenvalue weighted by atomic mass is 9.91. The summed E-state index contributed by atoms with van der Waals surface area (Å²) in [6.07, 6.45) is 5.44. The molecule has 1 aliphatic rings. The van der Waals surface area contributed by atoms with Crippen LogP contribution in [0.4, 0.5) is 17.1 Å². The van der Waals surface area contributed by atoms with Crippen LogP contribution < -0.4 is 4.90 Å². The molecule has 0 bridgehead atoms. The molecule has 3 nitrogen and oxygen atoms in total. The van der Waals surface area contributed by atoms with Crippen molar-refractivity contribution in [2.45, 2.75) is 13.3 Å². The van der Waals surface area contributed by atoms with Crippen LogP contribution in [0.1, 0.15) is 18.2 Å². The largest absolute Gasteiger partial charge is 0.460 e. The smallest absolute Gasteiger partial charge is 0.159 e. The van der Waals surface area contributed by atoms with E-state index in [4.69, 9.17) is 8.83 Å². The maximum absolute atomic E-state index is 6.73. The molecule has 1 atom stereocenters. The molecule has 2 heterocycles. The van der Waals surface area contributed by atoms with Crippen LogP contribution in [-0.2, 0) is 6.42 Å². The van der Waals surface area contributed by atoms with Crippen molar-refractivity contribution in [1.82, 2.24) is 0 Å². The minimum atomic E-state index is 0.453. The van der Waals surface area contributed by atoms with Gasteiger partial charge >= 0.3 is 0 Å². The maximum Gasteiger partial charge on any atom is 0.159 e. The maximum atomic E-state index is 6.73. The predicted octanol–water partition coefficient (Wildman–Crippen LogP) is 15.2. The Balaban J connectivity index is 1.11. The van der Waals surface area contributed by atoms with Gasteiger partial charge in [0.2, 0.25) is 0 Å². The molecule has 0 fully saturated rings. The third-order valence-corrected chi connectivity index (χ3v) is 11.4. The van der Waals surface area contributed by atoms with Crippen molar-refractivity contribution >= 4 is 66.8 Å². The molecular weight excluding hydrogens is 683 g/mol.